The summed E-state index contributed by atoms with van der Waals surface area (Å²) in [6.45, 7) is 15.8. The summed E-state index contributed by atoms with van der Waals surface area (Å²) in [5, 5.41) is 14.5. The van der Waals surface area contributed by atoms with Crippen LogP contribution in [0, 0.1) is 5.41 Å². The molecule has 0 aromatic heterocycles. The Bertz CT molecular complexity index is 442. The van der Waals surface area contributed by atoms with Gasteiger partial charge in [0, 0.05) is 29.3 Å². The van der Waals surface area contributed by atoms with E-state index >= 15 is 0 Å². The lowest BCUT2D eigenvalue weighted by Gasteiger charge is -2.62. The van der Waals surface area contributed by atoms with Crippen molar-refractivity contribution in [2.75, 3.05) is 25.4 Å². The summed E-state index contributed by atoms with van der Waals surface area (Å²) in [4.78, 5) is 7.14. The van der Waals surface area contributed by atoms with Gasteiger partial charge in [0.15, 0.2) is 5.96 Å². The molecular weight excluding hydrogens is 421 g/mol. The summed E-state index contributed by atoms with van der Waals surface area (Å²) in [5.74, 6) is 2.01. The highest BCUT2D eigenvalue weighted by Gasteiger charge is 2.54. The van der Waals surface area contributed by atoms with Gasteiger partial charge in [0.1, 0.15) is 0 Å². The SMILES string of the molecule is CCNC(=NCC1(O)CCC1SCC)N1CC(C)(C)C1(C)C.I. The largest absolute Gasteiger partial charge is 0.387 e. The smallest absolute Gasteiger partial charge is 0.194 e. The highest BCUT2D eigenvalue weighted by atomic mass is 127. The molecule has 1 aliphatic carbocycles. The molecule has 0 aromatic carbocycles. The molecular formula is C17H34IN3OS. The molecule has 1 aliphatic heterocycles. The van der Waals surface area contributed by atoms with Crippen LogP contribution in [-0.2, 0) is 0 Å². The molecule has 1 saturated carbocycles. The van der Waals surface area contributed by atoms with Crippen molar-refractivity contribution in [3.05, 3.63) is 0 Å². The monoisotopic (exact) mass is 455 g/mol. The van der Waals surface area contributed by atoms with E-state index in [1.54, 1.807) is 0 Å². The molecule has 2 N–H and O–H groups in total. The Labute approximate surface area is 163 Å². The fourth-order valence-electron chi connectivity index (χ4n) is 3.22. The van der Waals surface area contributed by atoms with Crippen molar-refractivity contribution >= 4 is 41.7 Å². The molecule has 1 heterocycles. The minimum absolute atomic E-state index is 0. The maximum Gasteiger partial charge on any atom is 0.194 e. The van der Waals surface area contributed by atoms with Crippen molar-refractivity contribution in [1.82, 2.24) is 10.2 Å². The summed E-state index contributed by atoms with van der Waals surface area (Å²) in [7, 11) is 0. The van der Waals surface area contributed by atoms with E-state index in [1.807, 2.05) is 11.8 Å². The summed E-state index contributed by atoms with van der Waals surface area (Å²) >= 11 is 1.86. The topological polar surface area (TPSA) is 47.9 Å². The van der Waals surface area contributed by atoms with Gasteiger partial charge >= 0.3 is 0 Å². The van der Waals surface area contributed by atoms with Crippen LogP contribution in [-0.4, -0.2) is 57.7 Å². The molecule has 0 amide bonds. The zero-order valence-electron chi connectivity index (χ0n) is 15.5. The van der Waals surface area contributed by atoms with Crippen LogP contribution in [0.4, 0.5) is 0 Å². The predicted octanol–water partition coefficient (Wildman–Crippen LogP) is 3.34. The molecule has 23 heavy (non-hydrogen) atoms. The van der Waals surface area contributed by atoms with Crippen molar-refractivity contribution in [2.24, 2.45) is 10.4 Å². The summed E-state index contributed by atoms with van der Waals surface area (Å²) in [6.07, 6.45) is 1.99. The first-order chi connectivity index (χ1) is 10.2. The van der Waals surface area contributed by atoms with Gasteiger partial charge in [-0.25, -0.2) is 0 Å². The number of halogens is 1. The zero-order valence-corrected chi connectivity index (χ0v) is 18.6. The number of aliphatic imine (C=N–C) groups is 1. The first kappa shape index (κ1) is 21.4. The Hall–Kier alpha value is 0.310. The van der Waals surface area contributed by atoms with Crippen molar-refractivity contribution < 1.29 is 5.11 Å². The minimum Gasteiger partial charge on any atom is -0.387 e. The van der Waals surface area contributed by atoms with Crippen LogP contribution in [0.1, 0.15) is 54.4 Å². The molecule has 2 rings (SSSR count). The summed E-state index contributed by atoms with van der Waals surface area (Å²) in [6, 6.07) is 0. The first-order valence-electron chi connectivity index (χ1n) is 8.58. The Kier molecular flexibility index (Phi) is 7.13. The van der Waals surface area contributed by atoms with Gasteiger partial charge in [-0.3, -0.25) is 4.99 Å². The average Bonchev–Trinajstić information content (AvgIpc) is 2.45. The van der Waals surface area contributed by atoms with Crippen LogP contribution < -0.4 is 5.32 Å². The van der Waals surface area contributed by atoms with Gasteiger partial charge in [0.05, 0.1) is 12.1 Å². The number of hydrogen-bond donors (Lipinski definition) is 2. The van der Waals surface area contributed by atoms with Crippen molar-refractivity contribution in [1.29, 1.82) is 0 Å². The van der Waals surface area contributed by atoms with Crippen LogP contribution in [0.5, 0.6) is 0 Å². The lowest BCUT2D eigenvalue weighted by molar-refractivity contribution is -0.0677. The van der Waals surface area contributed by atoms with Gasteiger partial charge in [-0.15, -0.1) is 24.0 Å². The number of thioether (sulfide) groups is 1. The molecule has 1 saturated heterocycles. The Morgan fingerprint density at radius 3 is 2.35 bits per heavy atom. The zero-order chi connectivity index (χ0) is 16.6. The molecule has 0 spiro atoms. The Balaban J connectivity index is 0.00000264. The molecule has 4 nitrogen and oxygen atoms in total. The van der Waals surface area contributed by atoms with Crippen LogP contribution in [0.15, 0.2) is 4.99 Å². The van der Waals surface area contributed by atoms with E-state index in [1.165, 1.54) is 0 Å². The van der Waals surface area contributed by atoms with Crippen LogP contribution in [0.2, 0.25) is 0 Å². The second-order valence-corrected chi connectivity index (χ2v) is 9.27. The maximum absolute atomic E-state index is 10.7. The second kappa shape index (κ2) is 7.68. The molecule has 0 radical (unpaired) electrons. The summed E-state index contributed by atoms with van der Waals surface area (Å²) < 4.78 is 0. The number of nitrogens with zero attached hydrogens (tertiary/aromatic N) is 2. The van der Waals surface area contributed by atoms with Gasteiger partial charge in [-0.1, -0.05) is 20.8 Å². The fourth-order valence-corrected chi connectivity index (χ4v) is 4.41. The van der Waals surface area contributed by atoms with Crippen LogP contribution >= 0.6 is 35.7 Å². The lowest BCUT2D eigenvalue weighted by atomic mass is 9.65. The van der Waals surface area contributed by atoms with Crippen molar-refractivity contribution in [3.8, 4) is 0 Å². The van der Waals surface area contributed by atoms with E-state index in [9.17, 15) is 5.11 Å². The van der Waals surface area contributed by atoms with Crippen molar-refractivity contribution in [2.45, 2.75) is 70.8 Å². The van der Waals surface area contributed by atoms with E-state index in [0.29, 0.717) is 11.8 Å². The molecule has 2 fully saturated rings. The molecule has 136 valence electrons. The van der Waals surface area contributed by atoms with Crippen LogP contribution in [0.25, 0.3) is 0 Å². The molecule has 0 bridgehead atoms. The normalized spacial score (nSPS) is 31.7. The third kappa shape index (κ3) is 3.94. The average molecular weight is 455 g/mol. The van der Waals surface area contributed by atoms with Crippen LogP contribution in [0.3, 0.4) is 0 Å². The van der Waals surface area contributed by atoms with Crippen molar-refractivity contribution in [3.63, 3.8) is 0 Å². The number of likely N-dealkylation sites (tertiary alicyclic amines) is 1. The second-order valence-electron chi connectivity index (χ2n) is 7.79. The van der Waals surface area contributed by atoms with Gasteiger partial charge in [0.2, 0.25) is 0 Å². The number of guanidine groups is 1. The molecule has 2 aliphatic rings. The molecule has 0 aromatic rings. The predicted molar refractivity (Wildman–Crippen MR) is 112 cm³/mol. The highest BCUT2D eigenvalue weighted by molar-refractivity contribution is 14.0. The van der Waals surface area contributed by atoms with E-state index < -0.39 is 5.60 Å². The quantitative estimate of drug-likeness (QED) is 0.379. The first-order valence-corrected chi connectivity index (χ1v) is 9.63. The standard InChI is InChI=1S/C17H33N3OS.HI/c1-7-18-14(20-12-15(3,4)16(20,5)6)19-11-17(21)10-9-13(17)22-8-2;/h13,21H,7-12H2,1-6H3,(H,18,19);1H. The third-order valence-electron chi connectivity index (χ3n) is 5.78. The summed E-state index contributed by atoms with van der Waals surface area (Å²) in [5.41, 5.74) is -0.225. The van der Waals surface area contributed by atoms with E-state index in [2.05, 4.69) is 51.8 Å². The molecule has 6 heteroatoms. The highest BCUT2D eigenvalue weighted by Crippen LogP contribution is 2.46. The van der Waals surface area contributed by atoms with Gasteiger partial charge in [-0.2, -0.15) is 11.8 Å². The Morgan fingerprint density at radius 2 is 1.96 bits per heavy atom. The lowest BCUT2D eigenvalue weighted by Crippen LogP contribution is -2.72. The van der Waals surface area contributed by atoms with E-state index in [0.717, 1.165) is 37.6 Å². The van der Waals surface area contributed by atoms with Gasteiger partial charge < -0.3 is 15.3 Å². The van der Waals surface area contributed by atoms with Gasteiger partial charge in [-0.05, 0) is 39.4 Å². The number of aliphatic hydroxyl groups is 1. The molecule has 2 atom stereocenters. The number of rotatable bonds is 5. The van der Waals surface area contributed by atoms with E-state index in [-0.39, 0.29) is 34.9 Å². The van der Waals surface area contributed by atoms with E-state index in [4.69, 9.17) is 4.99 Å². The molecule has 2 unspecified atom stereocenters. The Morgan fingerprint density at radius 1 is 1.30 bits per heavy atom. The maximum atomic E-state index is 10.7. The minimum atomic E-state index is -0.605. The number of nitrogens with one attached hydrogen (secondary N) is 1. The third-order valence-corrected chi connectivity index (χ3v) is 7.19. The number of hydrogen-bond acceptors (Lipinski definition) is 3. The van der Waals surface area contributed by atoms with Gasteiger partial charge in [0.25, 0.3) is 0 Å². The fraction of sp³-hybridized carbons (Fsp3) is 0.941.